The first-order valence-electron chi connectivity index (χ1n) is 8.64. The molecule has 1 aromatic carbocycles. The van der Waals surface area contributed by atoms with Crippen molar-refractivity contribution >= 4 is 5.97 Å². The lowest BCUT2D eigenvalue weighted by Crippen LogP contribution is -2.16. The first-order chi connectivity index (χ1) is 12.3. The van der Waals surface area contributed by atoms with Crippen LogP contribution in [0.4, 0.5) is 0 Å². The third-order valence-electron chi connectivity index (χ3n) is 5.62. The van der Waals surface area contributed by atoms with Crippen molar-refractivity contribution in [3.8, 4) is 24.0 Å². The maximum Gasteiger partial charge on any atom is 0.311 e. The number of hydrogen-bond donors (Lipinski definition) is 0. The van der Waals surface area contributed by atoms with Crippen molar-refractivity contribution < 1.29 is 14.3 Å². The summed E-state index contributed by atoms with van der Waals surface area (Å²) < 4.78 is 11.3. The zero-order valence-corrected chi connectivity index (χ0v) is 15.5. The molecule has 1 aliphatic rings. The second-order valence-electron chi connectivity index (χ2n) is 7.68. The van der Waals surface area contributed by atoms with E-state index in [-0.39, 0.29) is 22.7 Å². The molecule has 1 saturated carbocycles. The summed E-state index contributed by atoms with van der Waals surface area (Å²) in [7, 11) is 0. The van der Waals surface area contributed by atoms with Crippen LogP contribution in [0.25, 0.3) is 0 Å². The van der Waals surface area contributed by atoms with Gasteiger partial charge in [0.25, 0.3) is 0 Å². The Morgan fingerprint density at radius 1 is 1.08 bits per heavy atom. The Bertz CT molecular complexity index is 835. The monoisotopic (exact) mass is 349 g/mol. The fraction of sp³-hybridized carbons (Fsp3) is 0.364. The topological polar surface area (TPSA) is 48.4 Å². The van der Waals surface area contributed by atoms with Gasteiger partial charge >= 0.3 is 5.97 Å². The second-order valence-corrected chi connectivity index (χ2v) is 7.68. The molecule has 0 amide bonds. The minimum atomic E-state index is -0.839. The van der Waals surface area contributed by atoms with Gasteiger partial charge in [0.2, 0.25) is 12.0 Å². The van der Waals surface area contributed by atoms with Crippen LogP contribution < -0.4 is 4.74 Å². The van der Waals surface area contributed by atoms with Crippen molar-refractivity contribution in [3.63, 3.8) is 0 Å². The van der Waals surface area contributed by atoms with Gasteiger partial charge in [0.1, 0.15) is 5.75 Å². The number of esters is 1. The van der Waals surface area contributed by atoms with E-state index in [0.717, 1.165) is 0 Å². The Labute approximate surface area is 154 Å². The summed E-state index contributed by atoms with van der Waals surface area (Å²) in [5.41, 5.74) is 0.273. The molecule has 4 nitrogen and oxygen atoms in total. The molecular weight excluding hydrogens is 326 g/mol. The number of terminal acetylenes is 1. The Hall–Kier alpha value is -2.80. The van der Waals surface area contributed by atoms with Crippen LogP contribution in [0.2, 0.25) is 0 Å². The summed E-state index contributed by atoms with van der Waals surface area (Å²) in [4.78, 5) is 17.0. The average molecular weight is 349 g/mol. The first kappa shape index (κ1) is 18.0. The van der Waals surface area contributed by atoms with Crippen LogP contribution in [-0.2, 0) is 9.53 Å². The molecule has 1 unspecified atom stereocenters. The number of benzene rings is 1. The molecule has 0 bridgehead atoms. The van der Waals surface area contributed by atoms with E-state index in [2.05, 4.69) is 38.6 Å². The number of carbonyl (C=O) groups excluding carboxylic acids is 1. The third kappa shape index (κ3) is 3.17. The number of pyridine rings is 1. The van der Waals surface area contributed by atoms with E-state index in [0.29, 0.717) is 17.3 Å². The smallest absolute Gasteiger partial charge is 0.311 e. The Morgan fingerprint density at radius 3 is 2.31 bits per heavy atom. The van der Waals surface area contributed by atoms with Gasteiger partial charge in [-0.3, -0.25) is 4.79 Å². The number of carbonyl (C=O) groups is 1. The number of nitrogens with zero attached hydrogens (tertiary/aromatic N) is 1. The van der Waals surface area contributed by atoms with Gasteiger partial charge in [0.05, 0.1) is 11.6 Å². The lowest BCUT2D eigenvalue weighted by molar-refractivity contribution is -0.150. The summed E-state index contributed by atoms with van der Waals surface area (Å²) in [6, 6.07) is 14.6. The highest BCUT2D eigenvalue weighted by atomic mass is 16.5. The van der Waals surface area contributed by atoms with Gasteiger partial charge < -0.3 is 9.47 Å². The Morgan fingerprint density at radius 2 is 1.73 bits per heavy atom. The number of aromatic nitrogens is 1. The second kappa shape index (κ2) is 6.49. The zero-order valence-electron chi connectivity index (χ0n) is 15.5. The van der Waals surface area contributed by atoms with E-state index in [1.54, 1.807) is 18.2 Å². The van der Waals surface area contributed by atoms with Crippen LogP contribution in [-0.4, -0.2) is 11.0 Å². The standard InChI is InChI=1S/C22H23NO3/c1-6-17(26-20(24)19-21(2,3)22(19,4)5)16-13-10-14-18(23-16)25-15-11-8-7-9-12-15/h1,7-14,17,19H,2-5H3. The molecule has 0 aliphatic heterocycles. The summed E-state index contributed by atoms with van der Waals surface area (Å²) in [6.07, 6.45) is 4.76. The Kier molecular flexibility index (Phi) is 4.50. The van der Waals surface area contributed by atoms with Crippen molar-refractivity contribution in [1.29, 1.82) is 0 Å². The molecule has 134 valence electrons. The Balaban J connectivity index is 1.74. The first-order valence-corrected chi connectivity index (χ1v) is 8.64. The fourth-order valence-corrected chi connectivity index (χ4v) is 3.39. The molecule has 3 rings (SSSR count). The van der Waals surface area contributed by atoms with Gasteiger partial charge in [-0.05, 0) is 29.0 Å². The van der Waals surface area contributed by atoms with E-state index in [1.165, 1.54) is 0 Å². The highest BCUT2D eigenvalue weighted by Crippen LogP contribution is 2.68. The van der Waals surface area contributed by atoms with Crippen LogP contribution in [0, 0.1) is 29.1 Å². The third-order valence-corrected chi connectivity index (χ3v) is 5.62. The summed E-state index contributed by atoms with van der Waals surface area (Å²) >= 11 is 0. The SMILES string of the molecule is C#CC(OC(=O)C1C(C)(C)C1(C)C)c1cccc(Oc2ccccc2)n1. The van der Waals surface area contributed by atoms with E-state index in [1.807, 2.05) is 30.3 Å². The number of ether oxygens (including phenoxy) is 2. The van der Waals surface area contributed by atoms with Gasteiger partial charge in [0.15, 0.2) is 0 Å². The molecule has 0 N–H and O–H groups in total. The predicted octanol–water partition coefficient (Wildman–Crippen LogP) is 4.77. The molecule has 0 radical (unpaired) electrons. The molecule has 26 heavy (non-hydrogen) atoms. The van der Waals surface area contributed by atoms with Crippen molar-refractivity contribution in [3.05, 3.63) is 54.2 Å². The van der Waals surface area contributed by atoms with Crippen molar-refractivity contribution in [2.45, 2.75) is 33.8 Å². The minimum Gasteiger partial charge on any atom is -0.442 e. The van der Waals surface area contributed by atoms with E-state index >= 15 is 0 Å². The van der Waals surface area contributed by atoms with Crippen molar-refractivity contribution in [1.82, 2.24) is 4.98 Å². The molecule has 1 aromatic heterocycles. The maximum atomic E-state index is 12.6. The van der Waals surface area contributed by atoms with Gasteiger partial charge in [-0.2, -0.15) is 0 Å². The summed E-state index contributed by atoms with van der Waals surface area (Å²) in [5, 5.41) is 0. The van der Waals surface area contributed by atoms with Gasteiger partial charge in [-0.1, -0.05) is 57.9 Å². The minimum absolute atomic E-state index is 0.102. The summed E-state index contributed by atoms with van der Waals surface area (Å²) in [5.74, 6) is 3.14. The molecule has 1 atom stereocenters. The normalized spacial score (nSPS) is 18.4. The van der Waals surface area contributed by atoms with Crippen LogP contribution in [0.15, 0.2) is 48.5 Å². The number of para-hydroxylation sites is 1. The lowest BCUT2D eigenvalue weighted by atomic mass is 10.0. The molecule has 2 aromatic rings. The zero-order chi connectivity index (χ0) is 18.9. The van der Waals surface area contributed by atoms with Gasteiger partial charge in [-0.15, -0.1) is 6.42 Å². The molecule has 0 saturated heterocycles. The van der Waals surface area contributed by atoms with Crippen LogP contribution >= 0.6 is 0 Å². The van der Waals surface area contributed by atoms with Crippen LogP contribution in [0.5, 0.6) is 11.6 Å². The van der Waals surface area contributed by atoms with E-state index < -0.39 is 6.10 Å². The molecule has 1 heterocycles. The molecule has 0 spiro atoms. The van der Waals surface area contributed by atoms with Gasteiger partial charge in [0, 0.05) is 6.07 Å². The highest BCUT2D eigenvalue weighted by Gasteiger charge is 2.69. The molecular formula is C22H23NO3. The molecule has 4 heteroatoms. The molecule has 1 aliphatic carbocycles. The van der Waals surface area contributed by atoms with E-state index in [4.69, 9.17) is 15.9 Å². The van der Waals surface area contributed by atoms with E-state index in [9.17, 15) is 4.79 Å². The lowest BCUT2D eigenvalue weighted by Gasteiger charge is -2.14. The largest absolute Gasteiger partial charge is 0.442 e. The fourth-order valence-electron chi connectivity index (χ4n) is 3.39. The van der Waals surface area contributed by atoms with Crippen molar-refractivity contribution in [2.75, 3.05) is 0 Å². The van der Waals surface area contributed by atoms with Crippen LogP contribution in [0.1, 0.15) is 39.5 Å². The quantitative estimate of drug-likeness (QED) is 0.576. The summed E-state index contributed by atoms with van der Waals surface area (Å²) in [6.45, 7) is 8.26. The number of rotatable bonds is 5. The van der Waals surface area contributed by atoms with Crippen molar-refractivity contribution in [2.24, 2.45) is 16.7 Å². The highest BCUT2D eigenvalue weighted by molar-refractivity contribution is 5.79. The molecule has 1 fully saturated rings. The van der Waals surface area contributed by atoms with Crippen LogP contribution in [0.3, 0.4) is 0 Å². The maximum absolute atomic E-state index is 12.6. The average Bonchev–Trinajstić information content (AvgIpc) is 3.02. The predicted molar refractivity (Wildman–Crippen MR) is 99.5 cm³/mol. The number of hydrogen-bond acceptors (Lipinski definition) is 4. The van der Waals surface area contributed by atoms with Gasteiger partial charge in [-0.25, -0.2) is 4.98 Å².